The monoisotopic (exact) mass is 531 g/mol. The summed E-state index contributed by atoms with van der Waals surface area (Å²) in [7, 11) is 0. The molecule has 3 aromatic rings. The van der Waals surface area contributed by atoms with Crippen molar-refractivity contribution in [1.82, 2.24) is 9.88 Å². The van der Waals surface area contributed by atoms with Crippen LogP contribution in [0.2, 0.25) is 0 Å². The number of nitrogens with zero attached hydrogens (tertiary/aromatic N) is 2. The van der Waals surface area contributed by atoms with Crippen LogP contribution in [-0.4, -0.2) is 41.6 Å². The Kier molecular flexibility index (Phi) is 8.48. The van der Waals surface area contributed by atoms with Crippen LogP contribution in [0.3, 0.4) is 0 Å². The Morgan fingerprint density at radius 1 is 1.14 bits per heavy atom. The van der Waals surface area contributed by atoms with E-state index in [0.717, 1.165) is 42.8 Å². The maximum absolute atomic E-state index is 13.2. The van der Waals surface area contributed by atoms with E-state index in [0.29, 0.717) is 36.5 Å². The quantitative estimate of drug-likeness (QED) is 0.327. The Labute approximate surface area is 217 Å². The highest BCUT2D eigenvalue weighted by molar-refractivity contribution is 7.10. The number of alkyl halides is 3. The second-order valence-corrected chi connectivity index (χ2v) is 9.77. The topological polar surface area (TPSA) is 71.5 Å². The number of para-hydroxylation sites is 1. The van der Waals surface area contributed by atoms with Crippen molar-refractivity contribution in [2.45, 2.75) is 44.7 Å². The summed E-state index contributed by atoms with van der Waals surface area (Å²) in [5.74, 6) is -0.289. The van der Waals surface area contributed by atoms with E-state index in [-0.39, 0.29) is 17.7 Å². The second-order valence-electron chi connectivity index (χ2n) is 8.88. The standard InChI is InChI=1S/C27H28F3N3O3S/c1-2-3-15-36-26(35)33-13-11-18(12-14-33)25-32-23(17-37-25)24(34)31-22-10-5-4-9-21(22)19-7-6-8-20(16-19)27(28,29)30/h4-10,16-18H,2-3,11-15H2,1H3,(H,31,34). The minimum Gasteiger partial charge on any atom is -0.449 e. The van der Waals surface area contributed by atoms with Gasteiger partial charge in [0.05, 0.1) is 17.2 Å². The normalized spacial score (nSPS) is 14.4. The van der Waals surface area contributed by atoms with Gasteiger partial charge in [0.25, 0.3) is 5.91 Å². The first-order valence-electron chi connectivity index (χ1n) is 12.2. The minimum absolute atomic E-state index is 0.142. The first-order chi connectivity index (χ1) is 17.8. The van der Waals surface area contributed by atoms with E-state index >= 15 is 0 Å². The van der Waals surface area contributed by atoms with Crippen molar-refractivity contribution in [3.63, 3.8) is 0 Å². The van der Waals surface area contributed by atoms with Gasteiger partial charge in [-0.1, -0.05) is 43.7 Å². The van der Waals surface area contributed by atoms with Crippen LogP contribution in [0.15, 0.2) is 53.9 Å². The van der Waals surface area contributed by atoms with Crippen LogP contribution in [-0.2, 0) is 10.9 Å². The number of carbonyl (C=O) groups excluding carboxylic acids is 2. The predicted molar refractivity (Wildman–Crippen MR) is 137 cm³/mol. The fourth-order valence-electron chi connectivity index (χ4n) is 4.18. The van der Waals surface area contributed by atoms with E-state index in [2.05, 4.69) is 10.3 Å². The summed E-state index contributed by atoms with van der Waals surface area (Å²) in [4.78, 5) is 31.4. The van der Waals surface area contributed by atoms with Crippen LogP contribution in [0.25, 0.3) is 11.1 Å². The number of amides is 2. The number of thiazole rings is 1. The van der Waals surface area contributed by atoms with E-state index in [1.165, 1.54) is 17.4 Å². The second kappa shape index (κ2) is 11.8. The molecule has 0 atom stereocenters. The summed E-state index contributed by atoms with van der Waals surface area (Å²) in [5, 5.41) is 5.31. The molecule has 1 saturated heterocycles. The van der Waals surface area contributed by atoms with Crippen molar-refractivity contribution in [1.29, 1.82) is 0 Å². The van der Waals surface area contributed by atoms with Gasteiger partial charge in [-0.3, -0.25) is 4.79 Å². The molecule has 0 spiro atoms. The number of anilines is 1. The van der Waals surface area contributed by atoms with Gasteiger partial charge in [-0.2, -0.15) is 13.2 Å². The number of hydrogen-bond acceptors (Lipinski definition) is 5. The molecule has 196 valence electrons. The molecule has 4 rings (SSSR count). The molecule has 1 N–H and O–H groups in total. The number of benzene rings is 2. The Bertz CT molecular complexity index is 1240. The number of likely N-dealkylation sites (tertiary alicyclic amines) is 1. The van der Waals surface area contributed by atoms with Gasteiger partial charge in [0.2, 0.25) is 0 Å². The zero-order valence-electron chi connectivity index (χ0n) is 20.4. The van der Waals surface area contributed by atoms with Crippen molar-refractivity contribution >= 4 is 29.0 Å². The summed E-state index contributed by atoms with van der Waals surface area (Å²) >= 11 is 1.40. The van der Waals surface area contributed by atoms with Gasteiger partial charge in [0, 0.05) is 35.6 Å². The average Bonchev–Trinajstić information content (AvgIpc) is 3.39. The van der Waals surface area contributed by atoms with Crippen LogP contribution in [0.1, 0.15) is 59.6 Å². The van der Waals surface area contributed by atoms with Crippen molar-refractivity contribution in [2.24, 2.45) is 0 Å². The molecular formula is C27H28F3N3O3S. The number of nitrogens with one attached hydrogen (secondary N) is 1. The van der Waals surface area contributed by atoms with Crippen molar-refractivity contribution in [2.75, 3.05) is 25.0 Å². The lowest BCUT2D eigenvalue weighted by molar-refractivity contribution is -0.137. The van der Waals surface area contributed by atoms with Gasteiger partial charge in [-0.25, -0.2) is 9.78 Å². The van der Waals surface area contributed by atoms with E-state index in [4.69, 9.17) is 4.74 Å². The Morgan fingerprint density at radius 2 is 1.89 bits per heavy atom. The molecular weight excluding hydrogens is 503 g/mol. The Morgan fingerprint density at radius 3 is 2.62 bits per heavy atom. The third-order valence-corrected chi connectivity index (χ3v) is 7.26. The number of hydrogen-bond donors (Lipinski definition) is 1. The molecule has 2 heterocycles. The van der Waals surface area contributed by atoms with Gasteiger partial charge in [-0.05, 0) is 43.0 Å². The number of piperidine rings is 1. The zero-order valence-corrected chi connectivity index (χ0v) is 21.2. The maximum Gasteiger partial charge on any atom is 0.416 e. The highest BCUT2D eigenvalue weighted by atomic mass is 32.1. The molecule has 1 aromatic heterocycles. The van der Waals surface area contributed by atoms with Gasteiger partial charge in [0.15, 0.2) is 0 Å². The summed E-state index contributed by atoms with van der Waals surface area (Å²) in [5.41, 5.74) is 0.729. The fraction of sp³-hybridized carbons (Fsp3) is 0.370. The summed E-state index contributed by atoms with van der Waals surface area (Å²) in [6.07, 6.45) is -1.48. The van der Waals surface area contributed by atoms with E-state index in [1.54, 1.807) is 40.6 Å². The Balaban J connectivity index is 1.40. The fourth-order valence-corrected chi connectivity index (χ4v) is 5.15. The molecule has 2 aromatic carbocycles. The highest BCUT2D eigenvalue weighted by Crippen LogP contribution is 2.35. The predicted octanol–water partition coefficient (Wildman–Crippen LogP) is 7.20. The minimum atomic E-state index is -4.46. The molecule has 0 unspecified atom stereocenters. The van der Waals surface area contributed by atoms with Gasteiger partial charge in [-0.15, -0.1) is 11.3 Å². The smallest absolute Gasteiger partial charge is 0.416 e. The third-order valence-electron chi connectivity index (χ3n) is 6.26. The lowest BCUT2D eigenvalue weighted by Gasteiger charge is -2.30. The molecule has 6 nitrogen and oxygen atoms in total. The zero-order chi connectivity index (χ0) is 26.4. The molecule has 1 aliphatic heterocycles. The molecule has 0 radical (unpaired) electrons. The first kappa shape index (κ1) is 26.7. The summed E-state index contributed by atoms with van der Waals surface area (Å²) in [6.45, 7) is 3.61. The van der Waals surface area contributed by atoms with Crippen molar-refractivity contribution in [3.05, 3.63) is 70.2 Å². The molecule has 37 heavy (non-hydrogen) atoms. The number of halogens is 3. The molecule has 1 fully saturated rings. The molecule has 0 bridgehead atoms. The average molecular weight is 532 g/mol. The lowest BCUT2D eigenvalue weighted by atomic mass is 9.98. The van der Waals surface area contributed by atoms with Gasteiger partial charge in [0.1, 0.15) is 5.69 Å². The molecule has 0 saturated carbocycles. The number of aromatic nitrogens is 1. The molecule has 10 heteroatoms. The van der Waals surface area contributed by atoms with E-state index in [1.807, 2.05) is 6.92 Å². The molecule has 1 aliphatic rings. The van der Waals surface area contributed by atoms with Crippen LogP contribution in [0.4, 0.5) is 23.7 Å². The molecule has 2 amide bonds. The number of unbranched alkanes of at least 4 members (excludes halogenated alkanes) is 1. The number of ether oxygens (including phenoxy) is 1. The van der Waals surface area contributed by atoms with Crippen LogP contribution in [0, 0.1) is 0 Å². The highest BCUT2D eigenvalue weighted by Gasteiger charge is 2.31. The summed E-state index contributed by atoms with van der Waals surface area (Å²) in [6, 6.07) is 11.7. The van der Waals surface area contributed by atoms with Gasteiger partial charge < -0.3 is 15.0 Å². The SMILES string of the molecule is CCCCOC(=O)N1CCC(c2nc(C(=O)Nc3ccccc3-c3cccc(C(F)(F)F)c3)cs2)CC1. The Hall–Kier alpha value is -3.40. The lowest BCUT2D eigenvalue weighted by Crippen LogP contribution is -2.38. The maximum atomic E-state index is 13.2. The number of carbonyl (C=O) groups is 2. The van der Waals surface area contributed by atoms with Crippen LogP contribution < -0.4 is 5.32 Å². The van der Waals surface area contributed by atoms with Crippen molar-refractivity contribution in [3.8, 4) is 11.1 Å². The van der Waals surface area contributed by atoms with Crippen LogP contribution in [0.5, 0.6) is 0 Å². The number of rotatable bonds is 7. The van der Waals surface area contributed by atoms with E-state index < -0.39 is 17.6 Å². The first-order valence-corrected chi connectivity index (χ1v) is 13.1. The van der Waals surface area contributed by atoms with E-state index in [9.17, 15) is 22.8 Å². The largest absolute Gasteiger partial charge is 0.449 e. The van der Waals surface area contributed by atoms with Crippen molar-refractivity contribution < 1.29 is 27.5 Å². The van der Waals surface area contributed by atoms with Crippen LogP contribution >= 0.6 is 11.3 Å². The van der Waals surface area contributed by atoms with Gasteiger partial charge >= 0.3 is 12.3 Å². The summed E-state index contributed by atoms with van der Waals surface area (Å²) < 4.78 is 44.9. The molecule has 0 aliphatic carbocycles. The third kappa shape index (κ3) is 6.68.